The Labute approximate surface area is 165 Å². The van der Waals surface area contributed by atoms with Gasteiger partial charge in [-0.05, 0) is 45.4 Å². The highest BCUT2D eigenvalue weighted by atomic mass is 32.2. The van der Waals surface area contributed by atoms with Gasteiger partial charge in [-0.15, -0.1) is 6.58 Å². The van der Waals surface area contributed by atoms with E-state index < -0.39 is 10.0 Å². The molecule has 0 radical (unpaired) electrons. The lowest BCUT2D eigenvalue weighted by molar-refractivity contribution is 0.0200. The zero-order valence-electron chi connectivity index (χ0n) is 17.1. The second kappa shape index (κ2) is 14.0. The van der Waals surface area contributed by atoms with Crippen molar-refractivity contribution in [1.82, 2.24) is 14.9 Å². The summed E-state index contributed by atoms with van der Waals surface area (Å²) in [7, 11) is -1.35. The van der Waals surface area contributed by atoms with Crippen molar-refractivity contribution >= 4 is 16.0 Å². The van der Waals surface area contributed by atoms with E-state index >= 15 is 0 Å². The Kier molecular flexibility index (Phi) is 12.4. The maximum atomic E-state index is 12.2. The van der Waals surface area contributed by atoms with Gasteiger partial charge in [0.05, 0.1) is 18.4 Å². The minimum atomic E-state index is -3.34. The Balaban J connectivity index is 2.37. The summed E-state index contributed by atoms with van der Waals surface area (Å²) in [5, 5.41) is 3.23. The molecule has 1 unspecified atom stereocenters. The molecule has 1 fully saturated rings. The van der Waals surface area contributed by atoms with E-state index in [1.54, 1.807) is 0 Å². The van der Waals surface area contributed by atoms with Gasteiger partial charge < -0.3 is 15.0 Å². The van der Waals surface area contributed by atoms with Crippen molar-refractivity contribution in [3.63, 3.8) is 0 Å². The molecule has 0 spiro atoms. The first-order chi connectivity index (χ1) is 13.0. The number of hydrogen-bond donors (Lipinski definition) is 2. The fraction of sp³-hybridized carbons (Fsp3) is 0.842. The van der Waals surface area contributed by atoms with Crippen molar-refractivity contribution in [3.05, 3.63) is 12.7 Å². The molecule has 1 rings (SSSR count). The lowest BCUT2D eigenvalue weighted by atomic mass is 10.1. The number of nitrogens with one attached hydrogen (secondary N) is 2. The van der Waals surface area contributed by atoms with E-state index in [1.165, 1.54) is 0 Å². The zero-order chi connectivity index (χ0) is 20.0. The lowest BCUT2D eigenvalue weighted by Crippen LogP contribution is -2.40. The van der Waals surface area contributed by atoms with Crippen LogP contribution in [0.2, 0.25) is 0 Å². The fourth-order valence-corrected chi connectivity index (χ4v) is 3.84. The van der Waals surface area contributed by atoms with Crippen LogP contribution in [0.25, 0.3) is 0 Å². The van der Waals surface area contributed by atoms with Crippen LogP contribution in [0.5, 0.6) is 0 Å². The molecule has 1 atom stereocenters. The number of nitrogens with zero attached hydrogens (tertiary/aromatic N) is 2. The van der Waals surface area contributed by atoms with Gasteiger partial charge in [-0.1, -0.05) is 12.5 Å². The second-order valence-electron chi connectivity index (χ2n) is 6.95. The van der Waals surface area contributed by atoms with Gasteiger partial charge in [0.15, 0.2) is 5.96 Å². The van der Waals surface area contributed by atoms with Gasteiger partial charge >= 0.3 is 0 Å². The fourth-order valence-electron chi connectivity index (χ4n) is 2.92. The van der Waals surface area contributed by atoms with Crippen molar-refractivity contribution in [3.8, 4) is 0 Å². The van der Waals surface area contributed by atoms with Gasteiger partial charge in [0.1, 0.15) is 0 Å². The van der Waals surface area contributed by atoms with Crippen LogP contribution < -0.4 is 10.0 Å². The first-order valence-electron chi connectivity index (χ1n) is 10.2. The Morgan fingerprint density at radius 2 is 2.15 bits per heavy atom. The van der Waals surface area contributed by atoms with Crippen LogP contribution in [0.3, 0.4) is 0 Å². The predicted molar refractivity (Wildman–Crippen MR) is 113 cm³/mol. The molecule has 0 aliphatic carbocycles. The average molecular weight is 403 g/mol. The van der Waals surface area contributed by atoms with Crippen molar-refractivity contribution in [2.75, 3.05) is 45.6 Å². The third-order valence-corrected chi connectivity index (χ3v) is 5.85. The molecule has 7 nitrogen and oxygen atoms in total. The first-order valence-corrected chi connectivity index (χ1v) is 11.8. The number of allylic oxidation sites excluding steroid dienone is 1. The van der Waals surface area contributed by atoms with Gasteiger partial charge in [-0.2, -0.15) is 0 Å². The van der Waals surface area contributed by atoms with E-state index in [9.17, 15) is 8.42 Å². The maximum Gasteiger partial charge on any atom is 0.213 e. The summed E-state index contributed by atoms with van der Waals surface area (Å²) >= 11 is 0. The third kappa shape index (κ3) is 11.3. The lowest BCUT2D eigenvalue weighted by Gasteiger charge is -2.23. The second-order valence-corrected chi connectivity index (χ2v) is 8.88. The molecule has 1 aliphatic rings. The van der Waals surface area contributed by atoms with Crippen LogP contribution in [-0.2, 0) is 14.8 Å². The minimum absolute atomic E-state index is 0.00145. The molecule has 0 aromatic heterocycles. The molecule has 158 valence electrons. The monoisotopic (exact) mass is 402 g/mol. The number of ether oxygens (including phenoxy) is 1. The first kappa shape index (κ1) is 23.9. The maximum absolute atomic E-state index is 12.2. The van der Waals surface area contributed by atoms with E-state index in [1.807, 2.05) is 20.0 Å². The zero-order valence-corrected chi connectivity index (χ0v) is 17.9. The van der Waals surface area contributed by atoms with E-state index in [4.69, 9.17) is 4.74 Å². The van der Waals surface area contributed by atoms with Gasteiger partial charge in [0, 0.05) is 33.3 Å². The molecule has 8 heteroatoms. The number of hydrogen-bond acceptors (Lipinski definition) is 4. The van der Waals surface area contributed by atoms with E-state index in [0.717, 1.165) is 70.6 Å². The largest absolute Gasteiger partial charge is 0.377 e. The van der Waals surface area contributed by atoms with Gasteiger partial charge in [-0.25, -0.2) is 13.1 Å². The topological polar surface area (TPSA) is 83.0 Å². The van der Waals surface area contributed by atoms with Crippen LogP contribution >= 0.6 is 0 Å². The van der Waals surface area contributed by atoms with Crippen molar-refractivity contribution < 1.29 is 13.2 Å². The summed E-state index contributed by atoms with van der Waals surface area (Å²) in [4.78, 5) is 6.54. The summed E-state index contributed by atoms with van der Waals surface area (Å²) in [6, 6.07) is 0. The van der Waals surface area contributed by atoms with Gasteiger partial charge in [-0.3, -0.25) is 4.99 Å². The Hall–Kier alpha value is -1.12. The summed E-state index contributed by atoms with van der Waals surface area (Å²) in [5.74, 6) is 0.744. The van der Waals surface area contributed by atoms with E-state index in [0.29, 0.717) is 6.54 Å². The molecule has 27 heavy (non-hydrogen) atoms. The Morgan fingerprint density at radius 3 is 2.81 bits per heavy atom. The molecular weight excluding hydrogens is 364 g/mol. The SMILES string of the molecule is C=CCCCCCN(C)C(=NCCS(=O)(=O)NCC1CCCCO1)NCC. The molecule has 0 bridgehead atoms. The normalized spacial score (nSPS) is 18.3. The number of aliphatic imine (C=N–C) groups is 1. The van der Waals surface area contributed by atoms with Gasteiger partial charge in [0.2, 0.25) is 10.0 Å². The highest BCUT2D eigenvalue weighted by Crippen LogP contribution is 2.11. The van der Waals surface area contributed by atoms with Crippen LogP contribution in [0.4, 0.5) is 0 Å². The van der Waals surface area contributed by atoms with Crippen molar-refractivity contribution in [2.24, 2.45) is 4.99 Å². The Bertz CT molecular complexity index is 531. The molecule has 0 amide bonds. The molecular formula is C19H38N4O3S. The van der Waals surface area contributed by atoms with Gasteiger partial charge in [0.25, 0.3) is 0 Å². The van der Waals surface area contributed by atoms with Crippen LogP contribution in [0.15, 0.2) is 17.6 Å². The number of unbranched alkanes of at least 4 members (excludes halogenated alkanes) is 3. The third-order valence-electron chi connectivity index (χ3n) is 4.52. The molecule has 1 saturated heterocycles. The Morgan fingerprint density at radius 1 is 1.33 bits per heavy atom. The van der Waals surface area contributed by atoms with E-state index in [-0.39, 0.29) is 18.4 Å². The predicted octanol–water partition coefficient (Wildman–Crippen LogP) is 2.12. The summed E-state index contributed by atoms with van der Waals surface area (Å²) in [5.41, 5.74) is 0. The molecule has 0 saturated carbocycles. The summed E-state index contributed by atoms with van der Waals surface area (Å²) in [6.45, 7) is 8.72. The highest BCUT2D eigenvalue weighted by molar-refractivity contribution is 7.89. The smallest absolute Gasteiger partial charge is 0.213 e. The van der Waals surface area contributed by atoms with Crippen LogP contribution in [-0.4, -0.2) is 71.0 Å². The van der Waals surface area contributed by atoms with Crippen LogP contribution in [0, 0.1) is 0 Å². The van der Waals surface area contributed by atoms with E-state index in [2.05, 4.69) is 26.5 Å². The summed E-state index contributed by atoms with van der Waals surface area (Å²) < 4.78 is 32.6. The molecule has 1 heterocycles. The molecule has 0 aromatic rings. The standard InChI is InChI=1S/C19H38N4O3S/c1-4-6-7-8-10-14-23(3)19(20-5-2)21-13-16-27(24,25)22-17-18-12-9-11-15-26-18/h4,18,22H,1,5-17H2,2-3H3,(H,20,21). The number of sulfonamides is 1. The molecule has 1 aliphatic heterocycles. The quantitative estimate of drug-likeness (QED) is 0.213. The highest BCUT2D eigenvalue weighted by Gasteiger charge is 2.17. The molecule has 2 N–H and O–H groups in total. The summed E-state index contributed by atoms with van der Waals surface area (Å²) in [6.07, 6.45) is 9.46. The van der Waals surface area contributed by atoms with Crippen LogP contribution in [0.1, 0.15) is 51.9 Å². The number of rotatable bonds is 13. The number of guanidine groups is 1. The minimum Gasteiger partial charge on any atom is -0.377 e. The molecule has 0 aromatic carbocycles. The average Bonchev–Trinajstić information content (AvgIpc) is 2.66. The van der Waals surface area contributed by atoms with Crippen molar-refractivity contribution in [2.45, 2.75) is 58.0 Å². The van der Waals surface area contributed by atoms with Crippen molar-refractivity contribution in [1.29, 1.82) is 0 Å².